The Bertz CT molecular complexity index is 293. The fourth-order valence-electron chi connectivity index (χ4n) is 1.10. The fourth-order valence-corrected chi connectivity index (χ4v) is 1.63. The van der Waals surface area contributed by atoms with Crippen molar-refractivity contribution in [1.29, 1.82) is 0 Å². The van der Waals surface area contributed by atoms with E-state index in [0.717, 1.165) is 10.0 Å². The van der Waals surface area contributed by atoms with Gasteiger partial charge in [0.15, 0.2) is 0 Å². The van der Waals surface area contributed by atoms with Crippen LogP contribution in [0.1, 0.15) is 25.5 Å². The highest BCUT2D eigenvalue weighted by molar-refractivity contribution is 9.10. The van der Waals surface area contributed by atoms with Crippen molar-refractivity contribution >= 4 is 15.9 Å². The lowest BCUT2D eigenvalue weighted by Crippen LogP contribution is -2.31. The number of nitrogens with two attached hydrogens (primary N) is 1. The van der Waals surface area contributed by atoms with Gasteiger partial charge in [-0.2, -0.15) is 0 Å². The Morgan fingerprint density at radius 2 is 1.92 bits per heavy atom. The van der Waals surface area contributed by atoms with E-state index in [-0.39, 0.29) is 0 Å². The number of rotatable bonds is 2. The molecule has 1 aromatic carbocycles. The van der Waals surface area contributed by atoms with Crippen molar-refractivity contribution < 1.29 is 4.39 Å². The van der Waals surface area contributed by atoms with Gasteiger partial charge in [0.1, 0.15) is 5.67 Å². The van der Waals surface area contributed by atoms with Crippen LogP contribution in [0.25, 0.3) is 0 Å². The molecule has 0 fully saturated rings. The molecule has 3 heteroatoms. The molecule has 0 aliphatic heterocycles. The Kier molecular flexibility index (Phi) is 3.09. The van der Waals surface area contributed by atoms with Gasteiger partial charge in [-0.25, -0.2) is 4.39 Å². The van der Waals surface area contributed by atoms with Crippen molar-refractivity contribution in [1.82, 2.24) is 0 Å². The van der Waals surface area contributed by atoms with E-state index in [0.29, 0.717) is 0 Å². The first kappa shape index (κ1) is 10.7. The van der Waals surface area contributed by atoms with Gasteiger partial charge in [0.05, 0.1) is 6.04 Å². The van der Waals surface area contributed by atoms with E-state index < -0.39 is 11.7 Å². The minimum atomic E-state index is -1.40. The highest BCUT2D eigenvalue weighted by Crippen LogP contribution is 2.31. The first-order chi connectivity index (χ1) is 5.93. The topological polar surface area (TPSA) is 26.0 Å². The molecule has 72 valence electrons. The largest absolute Gasteiger partial charge is 0.321 e. The SMILES string of the molecule is CC(C)(F)C(N)c1ccccc1Br. The Morgan fingerprint density at radius 3 is 2.38 bits per heavy atom. The summed E-state index contributed by atoms with van der Waals surface area (Å²) in [4.78, 5) is 0. The quantitative estimate of drug-likeness (QED) is 0.851. The number of halogens is 2. The Labute approximate surface area is 86.3 Å². The Hall–Kier alpha value is -0.410. The van der Waals surface area contributed by atoms with Gasteiger partial charge in [-0.3, -0.25) is 0 Å². The summed E-state index contributed by atoms with van der Waals surface area (Å²) >= 11 is 3.34. The third-order valence-electron chi connectivity index (χ3n) is 1.98. The highest BCUT2D eigenvalue weighted by Gasteiger charge is 2.27. The predicted molar refractivity (Wildman–Crippen MR) is 56.3 cm³/mol. The van der Waals surface area contributed by atoms with Gasteiger partial charge in [0.2, 0.25) is 0 Å². The molecule has 1 atom stereocenters. The molecule has 0 heterocycles. The van der Waals surface area contributed by atoms with Gasteiger partial charge in [-0.05, 0) is 25.5 Å². The molecule has 13 heavy (non-hydrogen) atoms. The van der Waals surface area contributed by atoms with Crippen molar-refractivity contribution in [3.8, 4) is 0 Å². The van der Waals surface area contributed by atoms with Gasteiger partial charge < -0.3 is 5.73 Å². The molecule has 0 aliphatic rings. The summed E-state index contributed by atoms with van der Waals surface area (Å²) in [6.45, 7) is 2.97. The molecule has 0 spiro atoms. The molecule has 2 N–H and O–H groups in total. The zero-order chi connectivity index (χ0) is 10.1. The number of hydrogen-bond donors (Lipinski definition) is 1. The molecule has 1 unspecified atom stereocenters. The Balaban J connectivity index is 3.02. The second-order valence-electron chi connectivity index (χ2n) is 3.56. The summed E-state index contributed by atoms with van der Waals surface area (Å²) < 4.78 is 14.4. The third-order valence-corrected chi connectivity index (χ3v) is 2.70. The Morgan fingerprint density at radius 1 is 1.38 bits per heavy atom. The van der Waals surface area contributed by atoms with E-state index in [2.05, 4.69) is 15.9 Å². The molecule has 0 saturated heterocycles. The zero-order valence-corrected chi connectivity index (χ0v) is 9.31. The maximum atomic E-state index is 13.5. The van der Waals surface area contributed by atoms with Crippen LogP contribution in [-0.4, -0.2) is 5.67 Å². The van der Waals surface area contributed by atoms with Crippen LogP contribution in [0.4, 0.5) is 4.39 Å². The van der Waals surface area contributed by atoms with Crippen LogP contribution < -0.4 is 5.73 Å². The molecule has 0 saturated carbocycles. The molecule has 1 aromatic rings. The monoisotopic (exact) mass is 245 g/mol. The minimum absolute atomic E-state index is 0.594. The van der Waals surface area contributed by atoms with Gasteiger partial charge in [0.25, 0.3) is 0 Å². The molecule has 0 radical (unpaired) electrons. The van der Waals surface area contributed by atoms with Crippen LogP contribution in [0, 0.1) is 0 Å². The zero-order valence-electron chi connectivity index (χ0n) is 7.72. The maximum absolute atomic E-state index is 13.5. The number of alkyl halides is 1. The molecule has 0 bridgehead atoms. The predicted octanol–water partition coefficient (Wildman–Crippen LogP) is 3.20. The normalized spacial score (nSPS) is 14.2. The van der Waals surface area contributed by atoms with E-state index in [4.69, 9.17) is 5.73 Å². The summed E-state index contributed by atoms with van der Waals surface area (Å²) in [6, 6.07) is 6.83. The lowest BCUT2D eigenvalue weighted by molar-refractivity contribution is 0.173. The van der Waals surface area contributed by atoms with E-state index in [1.807, 2.05) is 24.3 Å². The average Bonchev–Trinajstić information content (AvgIpc) is 2.02. The van der Waals surface area contributed by atoms with E-state index in [1.165, 1.54) is 13.8 Å². The smallest absolute Gasteiger partial charge is 0.124 e. The van der Waals surface area contributed by atoms with Crippen LogP contribution >= 0.6 is 15.9 Å². The molecule has 1 nitrogen and oxygen atoms in total. The summed E-state index contributed by atoms with van der Waals surface area (Å²) in [5.41, 5.74) is 5.17. The minimum Gasteiger partial charge on any atom is -0.321 e. The van der Waals surface area contributed by atoms with Crippen LogP contribution in [0.5, 0.6) is 0 Å². The van der Waals surface area contributed by atoms with E-state index in [9.17, 15) is 4.39 Å². The van der Waals surface area contributed by atoms with Crippen molar-refractivity contribution in [2.45, 2.75) is 25.6 Å². The summed E-state index contributed by atoms with van der Waals surface area (Å²) in [5, 5.41) is 0. The molecule has 1 rings (SSSR count). The van der Waals surface area contributed by atoms with Crippen molar-refractivity contribution in [3.63, 3.8) is 0 Å². The summed E-state index contributed by atoms with van der Waals surface area (Å²) in [5.74, 6) is 0. The standard InChI is InChI=1S/C10H13BrFN/c1-10(2,12)9(13)7-5-3-4-6-8(7)11/h3-6,9H,13H2,1-2H3. The second kappa shape index (κ2) is 3.76. The molecular formula is C10H13BrFN. The second-order valence-corrected chi connectivity index (χ2v) is 4.42. The fraction of sp³-hybridized carbons (Fsp3) is 0.400. The number of benzene rings is 1. The first-order valence-electron chi connectivity index (χ1n) is 4.12. The van der Waals surface area contributed by atoms with Crippen molar-refractivity contribution in [2.24, 2.45) is 5.73 Å². The summed E-state index contributed by atoms with van der Waals surface area (Å²) in [7, 11) is 0. The first-order valence-corrected chi connectivity index (χ1v) is 4.91. The van der Waals surface area contributed by atoms with Gasteiger partial charge in [-0.1, -0.05) is 34.1 Å². The van der Waals surface area contributed by atoms with Crippen molar-refractivity contribution in [2.75, 3.05) is 0 Å². The van der Waals surface area contributed by atoms with Crippen LogP contribution in [0.15, 0.2) is 28.7 Å². The molecule has 0 amide bonds. The van der Waals surface area contributed by atoms with Crippen molar-refractivity contribution in [3.05, 3.63) is 34.3 Å². The molecule has 0 aromatic heterocycles. The lowest BCUT2D eigenvalue weighted by Gasteiger charge is -2.24. The van der Waals surface area contributed by atoms with E-state index >= 15 is 0 Å². The van der Waals surface area contributed by atoms with Crippen LogP contribution in [0.3, 0.4) is 0 Å². The van der Waals surface area contributed by atoms with Crippen LogP contribution in [0.2, 0.25) is 0 Å². The van der Waals surface area contributed by atoms with Crippen LogP contribution in [-0.2, 0) is 0 Å². The highest BCUT2D eigenvalue weighted by atomic mass is 79.9. The maximum Gasteiger partial charge on any atom is 0.124 e. The lowest BCUT2D eigenvalue weighted by atomic mass is 9.94. The van der Waals surface area contributed by atoms with E-state index in [1.54, 1.807) is 0 Å². The third kappa shape index (κ3) is 2.51. The van der Waals surface area contributed by atoms with Gasteiger partial charge >= 0.3 is 0 Å². The number of hydrogen-bond acceptors (Lipinski definition) is 1. The van der Waals surface area contributed by atoms with Gasteiger partial charge in [-0.15, -0.1) is 0 Å². The van der Waals surface area contributed by atoms with Gasteiger partial charge in [0, 0.05) is 4.47 Å². The molecular weight excluding hydrogens is 233 g/mol. The average molecular weight is 246 g/mol. The molecule has 0 aliphatic carbocycles. The summed E-state index contributed by atoms with van der Waals surface area (Å²) in [6.07, 6.45) is 0.